The van der Waals surface area contributed by atoms with Crippen molar-refractivity contribution in [2.24, 2.45) is 0 Å². The Hall–Kier alpha value is 1.61. The van der Waals surface area contributed by atoms with Crippen LogP contribution in [-0.4, -0.2) is 6.16 Å². The van der Waals surface area contributed by atoms with Gasteiger partial charge in [0, 0.05) is 0 Å². The summed E-state index contributed by atoms with van der Waals surface area (Å²) in [7, 11) is 0. The van der Waals surface area contributed by atoms with Crippen molar-refractivity contribution in [3.63, 3.8) is 0 Å². The summed E-state index contributed by atoms with van der Waals surface area (Å²) in [6, 6.07) is 0. The van der Waals surface area contributed by atoms with E-state index in [1.165, 1.54) is 12.6 Å². The number of hydrogen-bond donors (Lipinski definition) is 0. The summed E-state index contributed by atoms with van der Waals surface area (Å²) >= 11 is 10.9. The Morgan fingerprint density at radius 2 is 1.88 bits per heavy atom. The first-order chi connectivity index (χ1) is 3.47. The van der Waals surface area contributed by atoms with Crippen LogP contribution >= 0.6 is 49.2 Å². The predicted octanol–water partition coefficient (Wildman–Crippen LogP) is 4.39. The zero-order valence-corrected chi connectivity index (χ0v) is 9.80. The molecule has 0 aromatic rings. The van der Waals surface area contributed by atoms with Crippen LogP contribution in [0.4, 0.5) is 0 Å². The van der Waals surface area contributed by atoms with E-state index in [0.29, 0.717) is 0 Å². The first kappa shape index (κ1) is 7.71. The molecule has 1 rings (SSSR count). The van der Waals surface area contributed by atoms with Gasteiger partial charge in [-0.25, -0.2) is 0 Å². The quantitative estimate of drug-likeness (QED) is 0.580. The van der Waals surface area contributed by atoms with Gasteiger partial charge in [0.2, 0.25) is 0 Å². The Balaban J connectivity index is 2.83. The van der Waals surface area contributed by atoms with E-state index < -0.39 is 2.71 Å². The molecule has 48 valence electrons. The zero-order chi connectivity index (χ0) is 6.28. The van der Waals surface area contributed by atoms with Gasteiger partial charge in [-0.2, -0.15) is 0 Å². The van der Waals surface area contributed by atoms with Gasteiger partial charge in [-0.1, -0.05) is 0 Å². The van der Waals surface area contributed by atoms with E-state index in [2.05, 4.69) is 58.4 Å². The van der Waals surface area contributed by atoms with Crippen LogP contribution in [-0.2, 0) is 0 Å². The number of rotatable bonds is 0. The molecule has 1 aliphatic heterocycles. The molecule has 0 spiro atoms. The van der Waals surface area contributed by atoms with E-state index >= 15 is 0 Å². The molecule has 1 aliphatic rings. The van der Waals surface area contributed by atoms with Crippen molar-refractivity contribution in [3.8, 4) is 0 Å². The van der Waals surface area contributed by atoms with Gasteiger partial charge in [-0.3, -0.25) is 0 Å². The molecule has 0 aromatic carbocycles. The van der Waals surface area contributed by atoms with Crippen LogP contribution in [0.2, 0.25) is 0 Å². The van der Waals surface area contributed by atoms with Crippen LogP contribution in [0.1, 0.15) is 6.42 Å². The summed E-state index contributed by atoms with van der Waals surface area (Å²) in [5, 5.41) is 0. The van der Waals surface area contributed by atoms with Crippen molar-refractivity contribution in [1.29, 1.82) is 0 Å². The molecule has 1 heterocycles. The Morgan fingerprint density at radius 1 is 1.25 bits per heavy atom. The Kier molecular flexibility index (Phi) is 1.97. The average molecular weight is 325 g/mol. The van der Waals surface area contributed by atoms with Crippen molar-refractivity contribution in [1.82, 2.24) is 0 Å². The summed E-state index contributed by atoms with van der Waals surface area (Å²) in [6.45, 7) is 0. The predicted molar refractivity (Wildman–Crippen MR) is 52.3 cm³/mol. The molecule has 0 amide bonds. The minimum absolute atomic E-state index is 1.18. The molecule has 8 heavy (non-hydrogen) atoms. The average Bonchev–Trinajstić information content (AvgIpc) is 1.81. The fraction of sp³-hybridized carbons (Fsp3) is 0.500. The minimum atomic E-state index is -1.73. The van der Waals surface area contributed by atoms with Gasteiger partial charge in [0.05, 0.1) is 0 Å². The van der Waals surface area contributed by atoms with Crippen LogP contribution in [0.3, 0.4) is 0 Å². The molecule has 0 fully saturated rings. The molecule has 0 atom stereocenters. The second-order valence-corrected chi connectivity index (χ2v) is 27.9. The van der Waals surface area contributed by atoms with Crippen LogP contribution in [0, 0.1) is 0 Å². The molecule has 4 heteroatoms. The molecule has 0 bridgehead atoms. The molecule has 0 aromatic heterocycles. The summed E-state index contributed by atoms with van der Waals surface area (Å²) in [4.78, 5) is 0. The number of hydrogen-bond acceptors (Lipinski definition) is 0. The molecular formula is C4H6Br3P. The van der Waals surface area contributed by atoms with E-state index in [1.54, 1.807) is 0 Å². The van der Waals surface area contributed by atoms with Gasteiger partial charge >= 0.3 is 73.7 Å². The third-order valence-corrected chi connectivity index (χ3v) is 8.16. The zero-order valence-electron chi connectivity index (χ0n) is 4.15. The van der Waals surface area contributed by atoms with E-state index in [-0.39, 0.29) is 0 Å². The van der Waals surface area contributed by atoms with Gasteiger partial charge in [0.15, 0.2) is 0 Å². The number of halogens is 3. The molecule has 0 nitrogen and oxygen atoms in total. The van der Waals surface area contributed by atoms with Gasteiger partial charge < -0.3 is 0 Å². The maximum atomic E-state index is 3.62. The molecule has 0 radical (unpaired) electrons. The first-order valence-electron chi connectivity index (χ1n) is 2.32. The van der Waals surface area contributed by atoms with Crippen molar-refractivity contribution in [3.05, 3.63) is 11.9 Å². The Bertz CT molecular complexity index is 132. The van der Waals surface area contributed by atoms with Gasteiger partial charge in [-0.05, 0) is 0 Å². The van der Waals surface area contributed by atoms with Crippen LogP contribution in [0.5, 0.6) is 0 Å². The third-order valence-electron chi connectivity index (χ3n) is 1.06. The molecule has 0 saturated heterocycles. The van der Waals surface area contributed by atoms with Crippen molar-refractivity contribution < 1.29 is 0 Å². The SMILES string of the molecule is BrP1(Br)(Br)C=CCC1. The second-order valence-electron chi connectivity index (χ2n) is 1.92. The third kappa shape index (κ3) is 2.09. The summed E-state index contributed by atoms with van der Waals surface area (Å²) < 4.78 is -1.73. The van der Waals surface area contributed by atoms with Crippen LogP contribution < -0.4 is 0 Å². The van der Waals surface area contributed by atoms with Gasteiger partial charge in [0.25, 0.3) is 0 Å². The fourth-order valence-corrected chi connectivity index (χ4v) is 5.26. The Labute approximate surface area is 73.2 Å². The van der Waals surface area contributed by atoms with E-state index in [4.69, 9.17) is 0 Å². The van der Waals surface area contributed by atoms with Crippen LogP contribution in [0.15, 0.2) is 11.9 Å². The molecule has 0 unspecified atom stereocenters. The van der Waals surface area contributed by atoms with Crippen LogP contribution in [0.25, 0.3) is 0 Å². The van der Waals surface area contributed by atoms with E-state index in [1.807, 2.05) is 0 Å². The first-order valence-corrected chi connectivity index (χ1v) is 10.9. The molecule has 0 N–H and O–H groups in total. The summed E-state index contributed by atoms with van der Waals surface area (Å²) in [6.07, 6.45) is 4.56. The van der Waals surface area contributed by atoms with Gasteiger partial charge in [-0.15, -0.1) is 0 Å². The molecule has 0 aliphatic carbocycles. The Morgan fingerprint density at radius 3 is 2.00 bits per heavy atom. The summed E-state index contributed by atoms with van der Waals surface area (Å²) in [5.74, 6) is 2.20. The number of allylic oxidation sites excluding steroid dienone is 1. The standard InChI is InChI=1S/C4H6Br3P/c5-8(6,7)3-1-2-4-8/h1,3H,2,4H2. The second kappa shape index (κ2) is 2.05. The van der Waals surface area contributed by atoms with Crippen molar-refractivity contribution >= 4 is 49.2 Å². The van der Waals surface area contributed by atoms with Crippen molar-refractivity contribution in [2.75, 3.05) is 6.16 Å². The summed E-state index contributed by atoms with van der Waals surface area (Å²) in [5.41, 5.74) is 0. The van der Waals surface area contributed by atoms with Crippen molar-refractivity contribution in [2.45, 2.75) is 6.42 Å². The normalized spacial score (nSPS) is 36.1. The van der Waals surface area contributed by atoms with E-state index in [9.17, 15) is 0 Å². The maximum absolute atomic E-state index is 3.62. The molecule has 0 saturated carbocycles. The molecular weight excluding hydrogens is 319 g/mol. The van der Waals surface area contributed by atoms with E-state index in [0.717, 1.165) is 0 Å². The fourth-order valence-electron chi connectivity index (χ4n) is 0.639. The van der Waals surface area contributed by atoms with Gasteiger partial charge in [0.1, 0.15) is 0 Å². The monoisotopic (exact) mass is 322 g/mol. The topological polar surface area (TPSA) is 0 Å².